The Morgan fingerprint density at radius 1 is 1.35 bits per heavy atom. The van der Waals surface area contributed by atoms with Gasteiger partial charge in [0.1, 0.15) is 0 Å². The fraction of sp³-hybridized carbons (Fsp3) is 0.474. The molecule has 2 heterocycles. The largest absolute Gasteiger partial charge is 0.394 e. The number of aromatic nitrogens is 1. The number of rotatable bonds is 4. The maximum atomic E-state index is 13.2. The summed E-state index contributed by atoms with van der Waals surface area (Å²) in [6.07, 6.45) is 4.35. The van der Waals surface area contributed by atoms with Gasteiger partial charge < -0.3 is 10.0 Å². The van der Waals surface area contributed by atoms with Crippen molar-refractivity contribution in [2.75, 3.05) is 13.2 Å². The molecule has 23 heavy (non-hydrogen) atoms. The smallest absolute Gasteiger partial charge is 0.256 e. The molecule has 0 spiro atoms. The first-order chi connectivity index (χ1) is 11.1. The highest BCUT2D eigenvalue weighted by atomic mass is 16.3. The Balaban J connectivity index is 2.01. The zero-order valence-electron chi connectivity index (χ0n) is 13.8. The van der Waals surface area contributed by atoms with E-state index in [0.717, 1.165) is 30.2 Å². The van der Waals surface area contributed by atoms with Crippen LogP contribution < -0.4 is 0 Å². The molecule has 1 aliphatic heterocycles. The van der Waals surface area contributed by atoms with Crippen molar-refractivity contribution in [1.82, 2.24) is 9.88 Å². The van der Waals surface area contributed by atoms with Crippen LogP contribution in [-0.4, -0.2) is 39.6 Å². The van der Waals surface area contributed by atoms with Crippen molar-refractivity contribution in [1.29, 1.82) is 0 Å². The summed E-state index contributed by atoms with van der Waals surface area (Å²) < 4.78 is 0. The number of para-hydroxylation sites is 1. The Bertz CT molecular complexity index is 708. The molecule has 0 bridgehead atoms. The van der Waals surface area contributed by atoms with Crippen LogP contribution in [0.1, 0.15) is 43.5 Å². The number of hydrogen-bond acceptors (Lipinski definition) is 3. The van der Waals surface area contributed by atoms with Crippen molar-refractivity contribution < 1.29 is 9.90 Å². The van der Waals surface area contributed by atoms with Gasteiger partial charge >= 0.3 is 0 Å². The summed E-state index contributed by atoms with van der Waals surface area (Å²) in [5, 5.41) is 11.0. The molecule has 4 heteroatoms. The summed E-state index contributed by atoms with van der Waals surface area (Å²) >= 11 is 0. The van der Waals surface area contributed by atoms with E-state index in [1.54, 1.807) is 6.20 Å². The average molecular weight is 312 g/mol. The van der Waals surface area contributed by atoms with Gasteiger partial charge in [-0.25, -0.2) is 0 Å². The number of fused-ring (bicyclic) bond motifs is 1. The van der Waals surface area contributed by atoms with Crippen molar-refractivity contribution in [3.63, 3.8) is 0 Å². The molecule has 1 aromatic heterocycles. The molecule has 3 rings (SSSR count). The Hall–Kier alpha value is -1.94. The van der Waals surface area contributed by atoms with Crippen LogP contribution in [0.25, 0.3) is 10.9 Å². The predicted octanol–water partition coefficient (Wildman–Crippen LogP) is 3.25. The van der Waals surface area contributed by atoms with Crippen molar-refractivity contribution in [3.05, 3.63) is 42.1 Å². The van der Waals surface area contributed by atoms with Crippen LogP contribution in [0.5, 0.6) is 0 Å². The van der Waals surface area contributed by atoms with E-state index in [4.69, 9.17) is 0 Å². The minimum atomic E-state index is -0.428. The lowest BCUT2D eigenvalue weighted by Crippen LogP contribution is -2.50. The number of benzene rings is 1. The molecule has 2 aromatic rings. The first kappa shape index (κ1) is 15.9. The molecule has 1 saturated heterocycles. The Labute approximate surface area is 137 Å². The minimum absolute atomic E-state index is 0.0125. The number of aliphatic hydroxyl groups is 1. The zero-order chi connectivity index (χ0) is 16.4. The zero-order valence-corrected chi connectivity index (χ0v) is 13.8. The number of carbonyl (C=O) groups is 1. The van der Waals surface area contributed by atoms with Gasteiger partial charge in [-0.15, -0.1) is 0 Å². The van der Waals surface area contributed by atoms with Gasteiger partial charge in [0.2, 0.25) is 0 Å². The topological polar surface area (TPSA) is 53.4 Å². The molecule has 1 aromatic carbocycles. The van der Waals surface area contributed by atoms with Crippen molar-refractivity contribution in [2.45, 2.75) is 38.6 Å². The van der Waals surface area contributed by atoms with E-state index in [1.165, 1.54) is 0 Å². The highest BCUT2D eigenvalue weighted by molar-refractivity contribution is 6.05. The maximum absolute atomic E-state index is 13.2. The van der Waals surface area contributed by atoms with E-state index in [0.29, 0.717) is 18.0 Å². The van der Waals surface area contributed by atoms with Crippen LogP contribution in [0, 0.1) is 5.92 Å². The lowest BCUT2D eigenvalue weighted by Gasteiger charge is -2.38. The van der Waals surface area contributed by atoms with Crippen LogP contribution >= 0.6 is 0 Å². The SMILES string of the molecule is CC(C)CC1(CO)CCCN1C(=O)c1cccc2cccnc12. The first-order valence-corrected chi connectivity index (χ1v) is 8.34. The Morgan fingerprint density at radius 2 is 2.13 bits per heavy atom. The summed E-state index contributed by atoms with van der Waals surface area (Å²) in [6, 6.07) is 9.56. The van der Waals surface area contributed by atoms with Crippen molar-refractivity contribution >= 4 is 16.8 Å². The third kappa shape index (κ3) is 2.83. The van der Waals surface area contributed by atoms with Gasteiger partial charge in [-0.1, -0.05) is 32.0 Å². The highest BCUT2D eigenvalue weighted by Crippen LogP contribution is 2.36. The van der Waals surface area contributed by atoms with Crippen molar-refractivity contribution in [3.8, 4) is 0 Å². The molecule has 0 radical (unpaired) electrons. The monoisotopic (exact) mass is 312 g/mol. The van der Waals surface area contributed by atoms with Gasteiger partial charge in [0.15, 0.2) is 0 Å². The van der Waals surface area contributed by atoms with E-state index in [-0.39, 0.29) is 12.5 Å². The number of nitrogens with zero attached hydrogens (tertiary/aromatic N) is 2. The molecule has 0 saturated carbocycles. The Kier molecular flexibility index (Phi) is 4.35. The second kappa shape index (κ2) is 6.28. The second-order valence-electron chi connectivity index (χ2n) is 6.92. The maximum Gasteiger partial charge on any atom is 0.256 e. The predicted molar refractivity (Wildman–Crippen MR) is 91.3 cm³/mol. The molecular formula is C19H24N2O2. The van der Waals surface area contributed by atoms with Gasteiger partial charge in [-0.3, -0.25) is 9.78 Å². The number of amides is 1. The third-order valence-electron chi connectivity index (χ3n) is 4.79. The van der Waals surface area contributed by atoms with E-state index in [2.05, 4.69) is 18.8 Å². The molecule has 0 aliphatic carbocycles. The van der Waals surface area contributed by atoms with Gasteiger partial charge in [0.05, 0.1) is 23.2 Å². The molecule has 1 N–H and O–H groups in total. The van der Waals surface area contributed by atoms with E-state index in [1.807, 2.05) is 35.2 Å². The number of pyridine rings is 1. The van der Waals surface area contributed by atoms with E-state index in [9.17, 15) is 9.90 Å². The van der Waals surface area contributed by atoms with Crippen LogP contribution in [0.3, 0.4) is 0 Å². The van der Waals surface area contributed by atoms with Gasteiger partial charge in [-0.05, 0) is 37.3 Å². The molecule has 1 unspecified atom stereocenters. The summed E-state index contributed by atoms with van der Waals surface area (Å²) in [6.45, 7) is 5.00. The summed E-state index contributed by atoms with van der Waals surface area (Å²) in [5.41, 5.74) is 0.942. The Morgan fingerprint density at radius 3 is 2.87 bits per heavy atom. The minimum Gasteiger partial charge on any atom is -0.394 e. The lowest BCUT2D eigenvalue weighted by atomic mass is 9.86. The number of hydrogen-bond donors (Lipinski definition) is 1. The average Bonchev–Trinajstić information content (AvgIpc) is 2.97. The van der Waals surface area contributed by atoms with Crippen LogP contribution in [0.15, 0.2) is 36.5 Å². The fourth-order valence-electron chi connectivity index (χ4n) is 3.88. The van der Waals surface area contributed by atoms with Gasteiger partial charge in [-0.2, -0.15) is 0 Å². The molecule has 1 amide bonds. The van der Waals surface area contributed by atoms with Crippen molar-refractivity contribution in [2.24, 2.45) is 5.92 Å². The quantitative estimate of drug-likeness (QED) is 0.943. The number of likely N-dealkylation sites (tertiary alicyclic amines) is 1. The standard InChI is InChI=1S/C19H24N2O2/c1-14(2)12-19(13-22)9-5-11-21(19)18(23)16-8-3-6-15-7-4-10-20-17(15)16/h3-4,6-8,10,14,22H,5,9,11-13H2,1-2H3. The third-order valence-corrected chi connectivity index (χ3v) is 4.79. The van der Waals surface area contributed by atoms with Gasteiger partial charge in [0, 0.05) is 18.1 Å². The first-order valence-electron chi connectivity index (χ1n) is 8.34. The summed E-state index contributed by atoms with van der Waals surface area (Å²) in [5.74, 6) is 0.419. The van der Waals surface area contributed by atoms with Gasteiger partial charge in [0.25, 0.3) is 5.91 Å². The fourth-order valence-corrected chi connectivity index (χ4v) is 3.88. The molecule has 1 atom stereocenters. The highest BCUT2D eigenvalue weighted by Gasteiger charge is 2.43. The lowest BCUT2D eigenvalue weighted by molar-refractivity contribution is 0.0334. The van der Waals surface area contributed by atoms with Crippen LogP contribution in [0.2, 0.25) is 0 Å². The van der Waals surface area contributed by atoms with Crippen LogP contribution in [0.4, 0.5) is 0 Å². The number of aliphatic hydroxyl groups excluding tert-OH is 1. The molecule has 4 nitrogen and oxygen atoms in total. The molecule has 1 fully saturated rings. The van der Waals surface area contributed by atoms with E-state index >= 15 is 0 Å². The molecule has 1 aliphatic rings. The second-order valence-corrected chi connectivity index (χ2v) is 6.92. The molecule has 122 valence electrons. The molecular weight excluding hydrogens is 288 g/mol. The normalized spacial score (nSPS) is 21.3. The number of carbonyl (C=O) groups excluding carboxylic acids is 1. The van der Waals surface area contributed by atoms with Crippen LogP contribution in [-0.2, 0) is 0 Å². The summed E-state index contributed by atoms with van der Waals surface area (Å²) in [4.78, 5) is 19.5. The summed E-state index contributed by atoms with van der Waals surface area (Å²) in [7, 11) is 0. The van der Waals surface area contributed by atoms with E-state index < -0.39 is 5.54 Å².